The van der Waals surface area contributed by atoms with Gasteiger partial charge in [-0.2, -0.15) is 0 Å². The third kappa shape index (κ3) is 5.13. The lowest BCUT2D eigenvalue weighted by Gasteiger charge is -2.18. The van der Waals surface area contributed by atoms with Crippen LogP contribution in [0.3, 0.4) is 0 Å². The lowest BCUT2D eigenvalue weighted by Crippen LogP contribution is -1.96. The molecule has 0 aliphatic heterocycles. The average molecular weight is 554 g/mol. The first kappa shape index (κ1) is 26.9. The fraction of sp³-hybridized carbons (Fsp3) is 0.108. The number of pyridine rings is 1. The van der Waals surface area contributed by atoms with Gasteiger partial charge < -0.3 is 18.9 Å². The number of benzene rings is 5. The Balaban J connectivity index is 1.56. The number of nitrogens with zero attached hydrogens (tertiary/aromatic N) is 1. The molecule has 5 nitrogen and oxygen atoms in total. The number of aromatic nitrogens is 1. The molecule has 42 heavy (non-hydrogen) atoms. The molecule has 0 bridgehead atoms. The highest BCUT2D eigenvalue weighted by Crippen LogP contribution is 2.44. The van der Waals surface area contributed by atoms with Gasteiger partial charge in [0, 0.05) is 28.8 Å². The van der Waals surface area contributed by atoms with E-state index in [0.717, 1.165) is 55.4 Å². The topological polar surface area (TPSA) is 49.8 Å². The first-order valence-corrected chi connectivity index (χ1v) is 13.7. The molecular weight excluding hydrogens is 522 g/mol. The fourth-order valence-corrected chi connectivity index (χ4v) is 5.34. The zero-order chi connectivity index (χ0) is 29.1. The first-order chi connectivity index (χ1) is 20.6. The van der Waals surface area contributed by atoms with Gasteiger partial charge in [-0.1, -0.05) is 60.7 Å². The number of hydrogen-bond acceptors (Lipinski definition) is 5. The Morgan fingerprint density at radius 3 is 1.55 bits per heavy atom. The summed E-state index contributed by atoms with van der Waals surface area (Å²) in [5.74, 6) is 2.61. The minimum Gasteiger partial charge on any atom is -0.493 e. The number of hydrogen-bond donors (Lipinski definition) is 0. The Hall–Kier alpha value is -5.29. The molecular formula is C37H31NO4. The van der Waals surface area contributed by atoms with Crippen LogP contribution in [-0.4, -0.2) is 33.4 Å². The number of ether oxygens (including phenoxy) is 4. The lowest BCUT2D eigenvalue weighted by molar-refractivity contribution is 0.356. The Labute approximate surface area is 245 Å². The van der Waals surface area contributed by atoms with E-state index in [1.54, 1.807) is 28.4 Å². The zero-order valence-electron chi connectivity index (χ0n) is 24.0. The third-order valence-electron chi connectivity index (χ3n) is 7.46. The molecule has 0 fully saturated rings. The van der Waals surface area contributed by atoms with Crippen molar-refractivity contribution in [2.24, 2.45) is 0 Å². The van der Waals surface area contributed by atoms with Crippen LogP contribution in [0, 0.1) is 0 Å². The van der Waals surface area contributed by atoms with Gasteiger partial charge in [0.15, 0.2) is 23.0 Å². The summed E-state index contributed by atoms with van der Waals surface area (Å²) in [4.78, 5) is 4.74. The molecule has 0 atom stereocenters. The summed E-state index contributed by atoms with van der Waals surface area (Å²) < 4.78 is 22.8. The fourth-order valence-electron chi connectivity index (χ4n) is 5.34. The maximum atomic E-state index is 5.96. The molecule has 0 radical (unpaired) electrons. The number of fused-ring (bicyclic) bond motifs is 1. The molecule has 1 aromatic heterocycles. The second-order valence-corrected chi connectivity index (χ2v) is 9.91. The highest BCUT2D eigenvalue weighted by atomic mass is 16.5. The third-order valence-corrected chi connectivity index (χ3v) is 7.46. The van der Waals surface area contributed by atoms with Crippen LogP contribution in [0.1, 0.15) is 0 Å². The molecule has 0 spiro atoms. The predicted molar refractivity (Wildman–Crippen MR) is 170 cm³/mol. The second kappa shape index (κ2) is 11.7. The highest BCUT2D eigenvalue weighted by Gasteiger charge is 2.18. The Morgan fingerprint density at radius 1 is 0.429 bits per heavy atom. The molecule has 6 rings (SSSR count). The largest absolute Gasteiger partial charge is 0.493 e. The number of rotatable bonds is 8. The molecule has 0 saturated heterocycles. The molecule has 5 heteroatoms. The van der Waals surface area contributed by atoms with Crippen molar-refractivity contribution in [2.75, 3.05) is 28.4 Å². The van der Waals surface area contributed by atoms with Crippen molar-refractivity contribution in [3.63, 3.8) is 0 Å². The highest BCUT2D eigenvalue weighted by molar-refractivity contribution is 5.90. The van der Waals surface area contributed by atoms with Gasteiger partial charge in [0.2, 0.25) is 0 Å². The van der Waals surface area contributed by atoms with Gasteiger partial charge in [0.25, 0.3) is 0 Å². The SMILES string of the molecule is COc1cc2cc(-c3cc(OC)c(OC)c(-c4cc(-c5ccccc5)cc(-c5ccccc5)c4)c3)cnc2cc1OC. The summed E-state index contributed by atoms with van der Waals surface area (Å²) in [6.07, 6.45) is 1.87. The van der Waals surface area contributed by atoms with Gasteiger partial charge >= 0.3 is 0 Å². The van der Waals surface area contributed by atoms with E-state index in [1.807, 2.05) is 36.5 Å². The summed E-state index contributed by atoms with van der Waals surface area (Å²) in [5, 5.41) is 0.943. The van der Waals surface area contributed by atoms with Crippen LogP contribution in [0.15, 0.2) is 115 Å². The molecule has 5 aromatic carbocycles. The number of methoxy groups -OCH3 is 4. The summed E-state index contributed by atoms with van der Waals surface area (Å²) in [6, 6.07) is 37.6. The minimum atomic E-state index is 0.642. The van der Waals surface area contributed by atoms with Crippen molar-refractivity contribution in [1.29, 1.82) is 0 Å². The minimum absolute atomic E-state index is 0.642. The molecule has 6 aromatic rings. The van der Waals surface area contributed by atoms with E-state index in [1.165, 1.54) is 0 Å². The molecule has 0 N–H and O–H groups in total. The molecule has 0 aliphatic rings. The smallest absolute Gasteiger partial charge is 0.168 e. The predicted octanol–water partition coefficient (Wildman–Crippen LogP) is 8.94. The molecule has 0 unspecified atom stereocenters. The Morgan fingerprint density at radius 2 is 0.976 bits per heavy atom. The first-order valence-electron chi connectivity index (χ1n) is 13.7. The monoisotopic (exact) mass is 553 g/mol. The Kier molecular flexibility index (Phi) is 7.48. The Bertz CT molecular complexity index is 1810. The van der Waals surface area contributed by atoms with Gasteiger partial charge in [0.1, 0.15) is 0 Å². The van der Waals surface area contributed by atoms with E-state index in [4.69, 9.17) is 23.9 Å². The molecule has 208 valence electrons. The summed E-state index contributed by atoms with van der Waals surface area (Å²) in [7, 11) is 6.60. The molecule has 1 heterocycles. The van der Waals surface area contributed by atoms with E-state index in [9.17, 15) is 0 Å². The van der Waals surface area contributed by atoms with Crippen LogP contribution in [-0.2, 0) is 0 Å². The van der Waals surface area contributed by atoms with Crippen molar-refractivity contribution >= 4 is 10.9 Å². The second-order valence-electron chi connectivity index (χ2n) is 9.91. The van der Waals surface area contributed by atoms with Crippen molar-refractivity contribution < 1.29 is 18.9 Å². The van der Waals surface area contributed by atoms with E-state index in [-0.39, 0.29) is 0 Å². The van der Waals surface area contributed by atoms with Crippen LogP contribution in [0.2, 0.25) is 0 Å². The van der Waals surface area contributed by atoms with Crippen molar-refractivity contribution in [2.45, 2.75) is 0 Å². The van der Waals surface area contributed by atoms with Crippen molar-refractivity contribution in [3.8, 4) is 67.5 Å². The molecule has 0 amide bonds. The van der Waals surface area contributed by atoms with Crippen LogP contribution >= 0.6 is 0 Å². The van der Waals surface area contributed by atoms with Gasteiger partial charge in [-0.05, 0) is 75.8 Å². The van der Waals surface area contributed by atoms with Gasteiger partial charge in [-0.3, -0.25) is 4.98 Å². The van der Waals surface area contributed by atoms with E-state index in [2.05, 4.69) is 78.9 Å². The maximum absolute atomic E-state index is 5.96. The van der Waals surface area contributed by atoms with Crippen molar-refractivity contribution in [1.82, 2.24) is 4.98 Å². The van der Waals surface area contributed by atoms with Crippen LogP contribution in [0.4, 0.5) is 0 Å². The van der Waals surface area contributed by atoms with Crippen LogP contribution < -0.4 is 18.9 Å². The summed E-state index contributed by atoms with van der Waals surface area (Å²) in [5.41, 5.74) is 9.18. The lowest BCUT2D eigenvalue weighted by atomic mass is 9.91. The normalized spacial score (nSPS) is 10.9. The summed E-state index contributed by atoms with van der Waals surface area (Å²) >= 11 is 0. The van der Waals surface area contributed by atoms with Gasteiger partial charge in [0.05, 0.1) is 34.0 Å². The standard InChI is InChI=1S/C37H31NO4/c1-39-34-21-30-18-31(23-38-33(30)22-35(34)40-2)28-19-32(37(42-4)36(20-28)41-3)29-16-26(24-11-7-5-8-12-24)15-27(17-29)25-13-9-6-10-14-25/h5-23H,1-4H3. The van der Waals surface area contributed by atoms with Crippen LogP contribution in [0.5, 0.6) is 23.0 Å². The summed E-state index contributed by atoms with van der Waals surface area (Å²) in [6.45, 7) is 0. The van der Waals surface area contributed by atoms with Crippen molar-refractivity contribution in [3.05, 3.63) is 115 Å². The molecule has 0 saturated carbocycles. The van der Waals surface area contributed by atoms with Gasteiger partial charge in [-0.15, -0.1) is 0 Å². The van der Waals surface area contributed by atoms with E-state index < -0.39 is 0 Å². The van der Waals surface area contributed by atoms with Crippen LogP contribution in [0.25, 0.3) is 55.4 Å². The zero-order valence-corrected chi connectivity index (χ0v) is 24.0. The quantitative estimate of drug-likeness (QED) is 0.188. The molecule has 0 aliphatic carbocycles. The average Bonchev–Trinajstić information content (AvgIpc) is 3.07. The van der Waals surface area contributed by atoms with E-state index >= 15 is 0 Å². The van der Waals surface area contributed by atoms with E-state index in [0.29, 0.717) is 23.0 Å². The van der Waals surface area contributed by atoms with Gasteiger partial charge in [-0.25, -0.2) is 0 Å². The maximum Gasteiger partial charge on any atom is 0.168 e.